The van der Waals surface area contributed by atoms with Gasteiger partial charge in [-0.1, -0.05) is 18.2 Å². The molecule has 3 aromatic rings. The Balaban J connectivity index is 1.16. The van der Waals surface area contributed by atoms with Gasteiger partial charge in [0.05, 0.1) is 34.6 Å². The second-order valence-corrected chi connectivity index (χ2v) is 11.1. The molecule has 40 heavy (non-hydrogen) atoms. The van der Waals surface area contributed by atoms with E-state index in [1.54, 1.807) is 29.3 Å². The van der Waals surface area contributed by atoms with Crippen molar-refractivity contribution in [3.63, 3.8) is 0 Å². The molecular formula is C30H31F3N4O3. The highest BCUT2D eigenvalue weighted by Crippen LogP contribution is 2.44. The van der Waals surface area contributed by atoms with Crippen LogP contribution < -0.4 is 4.90 Å². The summed E-state index contributed by atoms with van der Waals surface area (Å²) in [6.45, 7) is 2.26. The molecule has 1 N–H and O–H groups in total. The number of carbonyl (C=O) groups is 2. The Labute approximate surface area is 230 Å². The Hall–Kier alpha value is -3.82. The van der Waals surface area contributed by atoms with Gasteiger partial charge in [0.25, 0.3) is 5.91 Å². The minimum absolute atomic E-state index is 0.143. The summed E-state index contributed by atoms with van der Waals surface area (Å²) in [7, 11) is 0. The lowest BCUT2D eigenvalue weighted by Gasteiger charge is -2.34. The number of alkyl halides is 3. The normalized spacial score (nSPS) is 20.2. The first-order valence-corrected chi connectivity index (χ1v) is 13.8. The minimum atomic E-state index is -4.42. The first kappa shape index (κ1) is 26.4. The van der Waals surface area contributed by atoms with E-state index >= 15 is 0 Å². The standard InChI is InChI=1S/C30H31F3N4O3/c31-30(32,33)26-4-2-1-3-24(26)21-11-14-36(18-21)28(38)25-17-34-37(27(25)19-5-6-19)23-12-15-35(16-13-23)22-9-7-20(8-10-22)29(39)40/h1-4,7-10,17,19,21,23H,5-6,11-16,18H2,(H,39,40). The van der Waals surface area contributed by atoms with Crippen LogP contribution in [0.25, 0.3) is 0 Å². The second-order valence-electron chi connectivity index (χ2n) is 11.1. The summed E-state index contributed by atoms with van der Waals surface area (Å²) in [5.41, 5.74) is 2.43. The highest BCUT2D eigenvalue weighted by molar-refractivity contribution is 5.95. The van der Waals surface area contributed by atoms with Crippen molar-refractivity contribution in [2.45, 2.75) is 56.2 Å². The lowest BCUT2D eigenvalue weighted by Crippen LogP contribution is -2.35. The van der Waals surface area contributed by atoms with Crippen LogP contribution in [0.1, 0.15) is 87.5 Å². The Bertz CT molecular complexity index is 1410. The van der Waals surface area contributed by atoms with E-state index in [0.717, 1.165) is 56.2 Å². The molecule has 3 aliphatic rings. The van der Waals surface area contributed by atoms with Crippen LogP contribution in [0.5, 0.6) is 0 Å². The Morgan fingerprint density at radius 2 is 1.57 bits per heavy atom. The Morgan fingerprint density at radius 3 is 2.23 bits per heavy atom. The smallest absolute Gasteiger partial charge is 0.416 e. The second kappa shape index (κ2) is 10.3. The fourth-order valence-electron chi connectivity index (χ4n) is 6.25. The number of carbonyl (C=O) groups excluding carboxylic acids is 1. The molecular weight excluding hydrogens is 521 g/mol. The molecule has 3 fully saturated rings. The van der Waals surface area contributed by atoms with E-state index in [9.17, 15) is 22.8 Å². The summed E-state index contributed by atoms with van der Waals surface area (Å²) in [4.78, 5) is 28.7. The third-order valence-corrected chi connectivity index (χ3v) is 8.50. The van der Waals surface area contributed by atoms with E-state index in [1.807, 2.05) is 16.8 Å². The maximum Gasteiger partial charge on any atom is 0.416 e. The van der Waals surface area contributed by atoms with Crippen LogP contribution in [0.2, 0.25) is 0 Å². The number of likely N-dealkylation sites (tertiary alicyclic amines) is 1. The molecule has 0 radical (unpaired) electrons. The van der Waals surface area contributed by atoms with Crippen molar-refractivity contribution in [1.29, 1.82) is 0 Å². The summed E-state index contributed by atoms with van der Waals surface area (Å²) in [5.74, 6) is -1.16. The maximum atomic E-state index is 13.7. The third-order valence-electron chi connectivity index (χ3n) is 8.50. The van der Waals surface area contributed by atoms with Crippen LogP contribution in [-0.2, 0) is 6.18 Å². The lowest BCUT2D eigenvalue weighted by atomic mass is 9.93. The molecule has 1 saturated carbocycles. The predicted molar refractivity (Wildman–Crippen MR) is 143 cm³/mol. The number of hydrogen-bond acceptors (Lipinski definition) is 4. The monoisotopic (exact) mass is 552 g/mol. The molecule has 2 saturated heterocycles. The van der Waals surface area contributed by atoms with Gasteiger partial charge in [-0.05, 0) is 68.0 Å². The predicted octanol–water partition coefficient (Wildman–Crippen LogP) is 5.95. The summed E-state index contributed by atoms with van der Waals surface area (Å²) < 4.78 is 42.8. The van der Waals surface area contributed by atoms with E-state index in [4.69, 9.17) is 5.11 Å². The topological polar surface area (TPSA) is 78.7 Å². The number of anilines is 1. The van der Waals surface area contributed by atoms with Gasteiger partial charge in [0.15, 0.2) is 0 Å². The molecule has 0 bridgehead atoms. The molecule has 7 nitrogen and oxygen atoms in total. The molecule has 3 heterocycles. The molecule has 10 heteroatoms. The molecule has 6 rings (SSSR count). The number of hydrogen-bond donors (Lipinski definition) is 1. The van der Waals surface area contributed by atoms with Crippen molar-refractivity contribution in [2.24, 2.45) is 0 Å². The van der Waals surface area contributed by atoms with Gasteiger partial charge >= 0.3 is 12.1 Å². The number of benzene rings is 2. The quantitative estimate of drug-likeness (QED) is 0.409. The van der Waals surface area contributed by atoms with Crippen LogP contribution in [0.3, 0.4) is 0 Å². The molecule has 210 valence electrons. The fourth-order valence-corrected chi connectivity index (χ4v) is 6.25. The van der Waals surface area contributed by atoms with Crippen molar-refractivity contribution < 1.29 is 27.9 Å². The van der Waals surface area contributed by atoms with Crippen LogP contribution >= 0.6 is 0 Å². The lowest BCUT2D eigenvalue weighted by molar-refractivity contribution is -0.138. The first-order valence-electron chi connectivity index (χ1n) is 13.8. The van der Waals surface area contributed by atoms with E-state index in [0.29, 0.717) is 18.5 Å². The van der Waals surface area contributed by atoms with Gasteiger partial charge in [-0.3, -0.25) is 9.48 Å². The van der Waals surface area contributed by atoms with Gasteiger partial charge in [-0.25, -0.2) is 4.79 Å². The van der Waals surface area contributed by atoms with Crippen LogP contribution in [0.4, 0.5) is 18.9 Å². The van der Waals surface area contributed by atoms with E-state index in [2.05, 4.69) is 10.00 Å². The van der Waals surface area contributed by atoms with E-state index < -0.39 is 17.7 Å². The molecule has 1 aromatic heterocycles. The zero-order valence-electron chi connectivity index (χ0n) is 22.0. The van der Waals surface area contributed by atoms with Crippen LogP contribution in [0.15, 0.2) is 54.7 Å². The van der Waals surface area contributed by atoms with Gasteiger partial charge < -0.3 is 14.9 Å². The van der Waals surface area contributed by atoms with Gasteiger partial charge in [0.2, 0.25) is 0 Å². The average molecular weight is 553 g/mol. The van der Waals surface area contributed by atoms with Crippen molar-refractivity contribution in [2.75, 3.05) is 31.1 Å². The molecule has 1 atom stereocenters. The number of amides is 1. The van der Waals surface area contributed by atoms with Crippen molar-refractivity contribution >= 4 is 17.6 Å². The Morgan fingerprint density at radius 1 is 0.875 bits per heavy atom. The minimum Gasteiger partial charge on any atom is -0.478 e. The Kier molecular flexibility index (Phi) is 6.80. The molecule has 0 spiro atoms. The highest BCUT2D eigenvalue weighted by atomic mass is 19.4. The number of aromatic carboxylic acids is 1. The zero-order chi connectivity index (χ0) is 28.0. The molecule has 1 aliphatic carbocycles. The van der Waals surface area contributed by atoms with Gasteiger partial charge in [0.1, 0.15) is 0 Å². The number of carboxylic acids is 1. The van der Waals surface area contributed by atoms with Gasteiger partial charge in [-0.2, -0.15) is 18.3 Å². The highest BCUT2D eigenvalue weighted by Gasteiger charge is 2.40. The maximum absolute atomic E-state index is 13.7. The number of piperidine rings is 1. The number of aromatic nitrogens is 2. The van der Waals surface area contributed by atoms with Crippen molar-refractivity contribution in [3.8, 4) is 0 Å². The van der Waals surface area contributed by atoms with Crippen LogP contribution in [-0.4, -0.2) is 57.8 Å². The molecule has 2 aromatic carbocycles. The molecule has 2 aliphatic heterocycles. The van der Waals surface area contributed by atoms with Gasteiger partial charge in [0, 0.05) is 43.7 Å². The molecule has 1 amide bonds. The number of halogens is 3. The van der Waals surface area contributed by atoms with Gasteiger partial charge in [-0.15, -0.1) is 0 Å². The average Bonchev–Trinajstić information content (AvgIpc) is 3.50. The summed E-state index contributed by atoms with van der Waals surface area (Å²) in [5, 5.41) is 13.8. The fraction of sp³-hybridized carbons (Fsp3) is 0.433. The van der Waals surface area contributed by atoms with Crippen molar-refractivity contribution in [3.05, 3.63) is 82.7 Å². The van der Waals surface area contributed by atoms with E-state index in [-0.39, 0.29) is 41.5 Å². The van der Waals surface area contributed by atoms with E-state index in [1.165, 1.54) is 12.1 Å². The van der Waals surface area contributed by atoms with Crippen LogP contribution in [0, 0.1) is 0 Å². The largest absolute Gasteiger partial charge is 0.478 e. The number of carboxylic acid groups (broad SMARTS) is 1. The first-order chi connectivity index (χ1) is 19.2. The summed E-state index contributed by atoms with van der Waals surface area (Å²) >= 11 is 0. The number of rotatable bonds is 6. The SMILES string of the molecule is O=C(O)c1ccc(N2CCC(n3ncc(C(=O)N4CCC(c5ccccc5C(F)(F)F)C4)c3C3CC3)CC2)cc1. The third kappa shape index (κ3) is 5.07. The van der Waals surface area contributed by atoms with Crippen molar-refractivity contribution in [1.82, 2.24) is 14.7 Å². The summed E-state index contributed by atoms with van der Waals surface area (Å²) in [6, 6.07) is 12.7. The summed E-state index contributed by atoms with van der Waals surface area (Å²) in [6.07, 6.45) is 1.42. The number of nitrogens with zero attached hydrogens (tertiary/aromatic N) is 4. The molecule has 1 unspecified atom stereocenters. The zero-order valence-corrected chi connectivity index (χ0v) is 22.0.